The van der Waals surface area contributed by atoms with Gasteiger partial charge in [0, 0.05) is 32.6 Å². The molecule has 0 aromatic heterocycles. The Labute approximate surface area is 181 Å². The smallest absolute Gasteiger partial charge is 0.255 e. The van der Waals surface area contributed by atoms with E-state index in [0.717, 1.165) is 6.42 Å². The fourth-order valence-corrected chi connectivity index (χ4v) is 3.71. The number of halogens is 2. The molecule has 0 atom stereocenters. The monoisotopic (exact) mass is 434 g/mol. The minimum atomic E-state index is -0.0851. The maximum absolute atomic E-state index is 12.7. The molecule has 0 bridgehead atoms. The highest BCUT2D eigenvalue weighted by Gasteiger charge is 2.23. The second-order valence-corrected chi connectivity index (χ2v) is 7.70. The molecule has 0 N–H and O–H groups in total. The lowest BCUT2D eigenvalue weighted by Crippen LogP contribution is -2.37. The SMILES string of the molecule is O=C(CCCOc1ccccc1Cl)N1CCCN(C(=O)c2ccccc2Cl)CC1. The first-order chi connectivity index (χ1) is 14.1. The number of carbonyl (C=O) groups excluding carboxylic acids is 2. The summed E-state index contributed by atoms with van der Waals surface area (Å²) in [5, 5.41) is 1.02. The van der Waals surface area contributed by atoms with Crippen molar-refractivity contribution >= 4 is 35.0 Å². The van der Waals surface area contributed by atoms with E-state index in [0.29, 0.717) is 67.0 Å². The summed E-state index contributed by atoms with van der Waals surface area (Å²) in [7, 11) is 0. The molecule has 0 aliphatic carbocycles. The largest absolute Gasteiger partial charge is 0.492 e. The number of amides is 2. The maximum atomic E-state index is 12.7. The molecular weight excluding hydrogens is 411 g/mol. The predicted molar refractivity (Wildman–Crippen MR) is 115 cm³/mol. The summed E-state index contributed by atoms with van der Waals surface area (Å²) >= 11 is 12.2. The van der Waals surface area contributed by atoms with Gasteiger partial charge in [-0.25, -0.2) is 0 Å². The van der Waals surface area contributed by atoms with Crippen LogP contribution in [0.1, 0.15) is 29.6 Å². The van der Waals surface area contributed by atoms with Crippen LogP contribution in [0.2, 0.25) is 10.0 Å². The van der Waals surface area contributed by atoms with Crippen LogP contribution in [-0.2, 0) is 4.79 Å². The molecule has 1 aliphatic rings. The van der Waals surface area contributed by atoms with Gasteiger partial charge >= 0.3 is 0 Å². The Morgan fingerprint density at radius 1 is 0.862 bits per heavy atom. The lowest BCUT2D eigenvalue weighted by Gasteiger charge is -2.22. The predicted octanol–water partition coefficient (Wildman–Crippen LogP) is 4.53. The summed E-state index contributed by atoms with van der Waals surface area (Å²) in [5.74, 6) is 0.628. The standard InChI is InChI=1S/C22H24Cl2N2O3/c23-18-8-2-1-7-17(18)22(28)26-13-6-12-25(14-15-26)21(27)11-5-16-29-20-10-4-3-9-19(20)24/h1-4,7-10H,5-6,11-16H2. The number of benzene rings is 2. The van der Waals surface area contributed by atoms with Crippen LogP contribution in [0.3, 0.4) is 0 Å². The first-order valence-electron chi connectivity index (χ1n) is 9.75. The van der Waals surface area contributed by atoms with Crippen LogP contribution in [0, 0.1) is 0 Å². The Morgan fingerprint density at radius 3 is 2.28 bits per heavy atom. The van der Waals surface area contributed by atoms with Crippen LogP contribution in [-0.4, -0.2) is 54.4 Å². The molecule has 1 aliphatic heterocycles. The van der Waals surface area contributed by atoms with Gasteiger partial charge in [0.05, 0.1) is 22.2 Å². The van der Waals surface area contributed by atoms with Crippen LogP contribution in [0.5, 0.6) is 5.75 Å². The van der Waals surface area contributed by atoms with Gasteiger partial charge in [-0.15, -0.1) is 0 Å². The fraction of sp³-hybridized carbons (Fsp3) is 0.364. The molecule has 1 heterocycles. The zero-order valence-corrected chi connectivity index (χ0v) is 17.7. The first-order valence-corrected chi connectivity index (χ1v) is 10.5. The van der Waals surface area contributed by atoms with E-state index in [-0.39, 0.29) is 11.8 Å². The minimum Gasteiger partial charge on any atom is -0.492 e. The molecule has 0 saturated carbocycles. The second-order valence-electron chi connectivity index (χ2n) is 6.89. The van der Waals surface area contributed by atoms with E-state index in [1.165, 1.54) is 0 Å². The van der Waals surface area contributed by atoms with Crippen LogP contribution in [0.4, 0.5) is 0 Å². The van der Waals surface area contributed by atoms with Gasteiger partial charge in [0.15, 0.2) is 0 Å². The van der Waals surface area contributed by atoms with Crippen LogP contribution < -0.4 is 4.74 Å². The van der Waals surface area contributed by atoms with Crippen LogP contribution in [0.25, 0.3) is 0 Å². The second kappa shape index (κ2) is 10.5. The Balaban J connectivity index is 1.45. The van der Waals surface area contributed by atoms with Crippen molar-refractivity contribution in [3.05, 3.63) is 64.1 Å². The number of hydrogen-bond donors (Lipinski definition) is 0. The third-order valence-corrected chi connectivity index (χ3v) is 5.51. The Kier molecular flexibility index (Phi) is 7.78. The van der Waals surface area contributed by atoms with Crippen molar-refractivity contribution < 1.29 is 14.3 Å². The quantitative estimate of drug-likeness (QED) is 0.627. The highest BCUT2D eigenvalue weighted by Crippen LogP contribution is 2.23. The number of nitrogens with zero attached hydrogens (tertiary/aromatic N) is 2. The molecule has 0 radical (unpaired) electrons. The maximum Gasteiger partial charge on any atom is 0.255 e. The fourth-order valence-electron chi connectivity index (χ4n) is 3.30. The van der Waals surface area contributed by atoms with Crippen molar-refractivity contribution in [3.8, 4) is 5.75 Å². The molecule has 2 aromatic rings. The molecular formula is C22H24Cl2N2O3. The zero-order valence-electron chi connectivity index (χ0n) is 16.2. The Bertz CT molecular complexity index is 859. The highest BCUT2D eigenvalue weighted by atomic mass is 35.5. The van der Waals surface area contributed by atoms with Gasteiger partial charge in [-0.2, -0.15) is 0 Å². The average molecular weight is 435 g/mol. The number of hydrogen-bond acceptors (Lipinski definition) is 3. The summed E-state index contributed by atoms with van der Waals surface area (Å²) in [5.41, 5.74) is 0.505. The van der Waals surface area contributed by atoms with Gasteiger partial charge in [-0.05, 0) is 37.1 Å². The molecule has 1 saturated heterocycles. The number of carbonyl (C=O) groups is 2. The molecule has 2 aromatic carbocycles. The van der Waals surface area contributed by atoms with Crippen molar-refractivity contribution in [3.63, 3.8) is 0 Å². The van der Waals surface area contributed by atoms with Crippen LogP contribution in [0.15, 0.2) is 48.5 Å². The van der Waals surface area contributed by atoms with Crippen molar-refractivity contribution in [2.45, 2.75) is 19.3 Å². The molecule has 0 unspecified atom stereocenters. The van der Waals surface area contributed by atoms with Gasteiger partial charge in [0.25, 0.3) is 5.91 Å². The van der Waals surface area contributed by atoms with E-state index in [1.807, 2.05) is 23.1 Å². The molecule has 7 heteroatoms. The minimum absolute atomic E-state index is 0.0831. The summed E-state index contributed by atoms with van der Waals surface area (Å²) in [6, 6.07) is 14.3. The van der Waals surface area contributed by atoms with Gasteiger partial charge in [0.1, 0.15) is 5.75 Å². The molecule has 5 nitrogen and oxygen atoms in total. The molecule has 154 valence electrons. The summed E-state index contributed by atoms with van der Waals surface area (Å²) in [6.07, 6.45) is 1.77. The summed E-state index contributed by atoms with van der Waals surface area (Å²) < 4.78 is 5.64. The third-order valence-electron chi connectivity index (χ3n) is 4.87. The van der Waals surface area contributed by atoms with E-state index in [2.05, 4.69) is 0 Å². The van der Waals surface area contributed by atoms with Gasteiger partial charge < -0.3 is 14.5 Å². The van der Waals surface area contributed by atoms with E-state index >= 15 is 0 Å². The summed E-state index contributed by atoms with van der Waals surface area (Å²) in [4.78, 5) is 28.9. The summed E-state index contributed by atoms with van der Waals surface area (Å²) in [6.45, 7) is 2.73. The highest BCUT2D eigenvalue weighted by molar-refractivity contribution is 6.33. The van der Waals surface area contributed by atoms with E-state index in [4.69, 9.17) is 27.9 Å². The van der Waals surface area contributed by atoms with Gasteiger partial charge in [-0.3, -0.25) is 9.59 Å². The van der Waals surface area contributed by atoms with E-state index < -0.39 is 0 Å². The van der Waals surface area contributed by atoms with Gasteiger partial charge in [0.2, 0.25) is 5.91 Å². The van der Waals surface area contributed by atoms with Crippen molar-refractivity contribution in [2.24, 2.45) is 0 Å². The molecule has 1 fully saturated rings. The Morgan fingerprint density at radius 2 is 1.52 bits per heavy atom. The van der Waals surface area contributed by atoms with Crippen molar-refractivity contribution in [2.75, 3.05) is 32.8 Å². The van der Waals surface area contributed by atoms with E-state index in [1.54, 1.807) is 35.2 Å². The van der Waals surface area contributed by atoms with Crippen LogP contribution >= 0.6 is 23.2 Å². The number of ether oxygens (including phenoxy) is 1. The number of para-hydroxylation sites is 1. The third kappa shape index (κ3) is 5.87. The van der Waals surface area contributed by atoms with Crippen molar-refractivity contribution in [1.29, 1.82) is 0 Å². The average Bonchev–Trinajstić information content (AvgIpc) is 2.98. The molecule has 0 spiro atoms. The van der Waals surface area contributed by atoms with Gasteiger partial charge in [-0.1, -0.05) is 47.5 Å². The normalized spacial score (nSPS) is 14.4. The van der Waals surface area contributed by atoms with E-state index in [9.17, 15) is 9.59 Å². The lowest BCUT2D eigenvalue weighted by atomic mass is 10.2. The first kappa shape index (κ1) is 21.5. The molecule has 3 rings (SSSR count). The lowest BCUT2D eigenvalue weighted by molar-refractivity contribution is -0.131. The topological polar surface area (TPSA) is 49.9 Å². The molecule has 2 amide bonds. The number of rotatable bonds is 6. The Hall–Kier alpha value is -2.24. The van der Waals surface area contributed by atoms with Crippen molar-refractivity contribution in [1.82, 2.24) is 9.80 Å². The zero-order chi connectivity index (χ0) is 20.6. The molecule has 29 heavy (non-hydrogen) atoms.